The Bertz CT molecular complexity index is 1320. The maximum absolute atomic E-state index is 12.9. The molecule has 4 rings (SSSR count). The summed E-state index contributed by atoms with van der Waals surface area (Å²) in [5, 5.41) is 10.0. The number of benzene rings is 1. The van der Waals surface area contributed by atoms with Gasteiger partial charge >= 0.3 is 0 Å². The smallest absolute Gasteiger partial charge is 0.255 e. The van der Waals surface area contributed by atoms with E-state index in [2.05, 4.69) is 34.2 Å². The first-order valence-corrected chi connectivity index (χ1v) is 12.3. The van der Waals surface area contributed by atoms with E-state index in [-0.39, 0.29) is 23.8 Å². The van der Waals surface area contributed by atoms with Crippen molar-refractivity contribution in [1.29, 1.82) is 0 Å². The molecule has 0 aliphatic heterocycles. The fraction of sp³-hybridized carbons (Fsp3) is 0.250. The number of carbonyl (C=O) groups is 1. The summed E-state index contributed by atoms with van der Waals surface area (Å²) >= 11 is 3.33. The Morgan fingerprint density at radius 1 is 1.21 bits per heavy atom. The van der Waals surface area contributed by atoms with Crippen LogP contribution in [0.15, 0.2) is 57.5 Å². The van der Waals surface area contributed by atoms with Gasteiger partial charge in [-0.25, -0.2) is 4.98 Å². The maximum Gasteiger partial charge on any atom is 0.255 e. The minimum atomic E-state index is -0.234. The van der Waals surface area contributed by atoms with E-state index in [4.69, 9.17) is 0 Å². The molecule has 7 nitrogen and oxygen atoms in total. The molecule has 0 saturated carbocycles. The van der Waals surface area contributed by atoms with E-state index in [1.165, 1.54) is 9.58 Å². The summed E-state index contributed by atoms with van der Waals surface area (Å²) in [5.41, 5.74) is 2.54. The van der Waals surface area contributed by atoms with Crippen molar-refractivity contribution in [3.63, 3.8) is 0 Å². The number of carbonyl (C=O) groups excluding carboxylic acids is 1. The molecular formula is C24H25N5O2S2. The highest BCUT2D eigenvalue weighted by Crippen LogP contribution is 2.28. The topological polar surface area (TPSA) is 92.7 Å². The van der Waals surface area contributed by atoms with Crippen LogP contribution in [-0.4, -0.2) is 30.9 Å². The fourth-order valence-corrected chi connectivity index (χ4v) is 4.76. The van der Waals surface area contributed by atoms with E-state index in [1.54, 1.807) is 43.0 Å². The number of anilines is 1. The molecule has 0 spiro atoms. The normalized spacial score (nSPS) is 11.2. The number of aryl methyl sites for hydroxylation is 1. The molecule has 0 fully saturated rings. The maximum atomic E-state index is 12.9. The summed E-state index contributed by atoms with van der Waals surface area (Å²) in [4.78, 5) is 34.5. The first-order chi connectivity index (χ1) is 15.8. The lowest BCUT2D eigenvalue weighted by Crippen LogP contribution is -2.21. The lowest BCUT2D eigenvalue weighted by molar-refractivity contribution is -0.115. The Labute approximate surface area is 200 Å². The summed E-state index contributed by atoms with van der Waals surface area (Å²) < 4.78 is 1.48. The number of hydrogen-bond donors (Lipinski definition) is 2. The molecule has 2 N–H and O–H groups in total. The number of thiophene rings is 1. The second kappa shape index (κ2) is 9.76. The van der Waals surface area contributed by atoms with Crippen molar-refractivity contribution in [1.82, 2.24) is 19.7 Å². The van der Waals surface area contributed by atoms with Gasteiger partial charge in [0.25, 0.3) is 5.56 Å². The van der Waals surface area contributed by atoms with Crippen LogP contribution in [-0.2, 0) is 11.2 Å². The summed E-state index contributed by atoms with van der Waals surface area (Å²) in [6, 6.07) is 13.7. The molecule has 0 aliphatic rings. The molecule has 3 aromatic heterocycles. The van der Waals surface area contributed by atoms with Gasteiger partial charge in [0, 0.05) is 27.5 Å². The number of nitrogens with zero attached hydrogens (tertiary/aromatic N) is 3. The van der Waals surface area contributed by atoms with E-state index < -0.39 is 0 Å². The average Bonchev–Trinajstić information content (AvgIpc) is 3.43. The Morgan fingerprint density at radius 3 is 2.61 bits per heavy atom. The molecule has 0 radical (unpaired) electrons. The largest absolute Gasteiger partial charge is 0.310 e. The summed E-state index contributed by atoms with van der Waals surface area (Å²) in [7, 11) is 0. The SMILES string of the molecule is Cc1nc(-n2nc(-c3cccs3)cc2NC(=O)Cc2ccc(SC(C)C)cc2)[nH]c(=O)c1C. The third-order valence-corrected chi connectivity index (χ3v) is 6.90. The number of hydrogen-bond acceptors (Lipinski definition) is 6. The second-order valence-electron chi connectivity index (χ2n) is 7.94. The van der Waals surface area contributed by atoms with Gasteiger partial charge in [0.05, 0.1) is 11.3 Å². The molecule has 1 aromatic carbocycles. The Hall–Kier alpha value is -3.17. The van der Waals surface area contributed by atoms with Gasteiger partial charge in [-0.1, -0.05) is 32.0 Å². The van der Waals surface area contributed by atoms with E-state index in [1.807, 2.05) is 41.8 Å². The van der Waals surface area contributed by atoms with Gasteiger partial charge in [-0.05, 0) is 43.0 Å². The van der Waals surface area contributed by atoms with Crippen LogP contribution >= 0.6 is 23.1 Å². The minimum Gasteiger partial charge on any atom is -0.310 e. The molecule has 9 heteroatoms. The first-order valence-electron chi connectivity index (χ1n) is 10.6. The van der Waals surface area contributed by atoms with Crippen molar-refractivity contribution in [2.45, 2.75) is 44.3 Å². The van der Waals surface area contributed by atoms with Gasteiger partial charge in [0.1, 0.15) is 11.5 Å². The van der Waals surface area contributed by atoms with Crippen LogP contribution in [0.3, 0.4) is 0 Å². The molecule has 33 heavy (non-hydrogen) atoms. The number of rotatable bonds is 7. The van der Waals surface area contributed by atoms with Gasteiger partial charge in [0.15, 0.2) is 0 Å². The zero-order chi connectivity index (χ0) is 23.5. The van der Waals surface area contributed by atoms with E-state index in [0.717, 1.165) is 10.4 Å². The highest BCUT2D eigenvalue weighted by atomic mass is 32.2. The molecule has 0 bridgehead atoms. The van der Waals surface area contributed by atoms with Gasteiger partial charge in [-0.15, -0.1) is 23.1 Å². The molecule has 3 heterocycles. The van der Waals surface area contributed by atoms with Crippen molar-refractivity contribution in [2.75, 3.05) is 5.32 Å². The number of aromatic amines is 1. The molecule has 0 saturated heterocycles. The van der Waals surface area contributed by atoms with Crippen LogP contribution in [0.5, 0.6) is 0 Å². The predicted octanol–water partition coefficient (Wildman–Crippen LogP) is 4.98. The molecule has 0 aliphatic carbocycles. The summed E-state index contributed by atoms with van der Waals surface area (Å²) in [5.74, 6) is 0.530. The third-order valence-electron chi connectivity index (χ3n) is 4.99. The Kier molecular flexibility index (Phi) is 6.80. The molecule has 0 atom stereocenters. The summed E-state index contributed by atoms with van der Waals surface area (Å²) in [6.45, 7) is 7.80. The van der Waals surface area contributed by atoms with Crippen LogP contribution in [0.25, 0.3) is 16.5 Å². The monoisotopic (exact) mass is 479 g/mol. The quantitative estimate of drug-likeness (QED) is 0.365. The average molecular weight is 480 g/mol. The van der Waals surface area contributed by atoms with Crippen molar-refractivity contribution in [3.05, 3.63) is 75.0 Å². The number of nitrogens with one attached hydrogen (secondary N) is 2. The van der Waals surface area contributed by atoms with Crippen LogP contribution in [0.1, 0.15) is 30.7 Å². The second-order valence-corrected chi connectivity index (χ2v) is 10.5. The first kappa shape index (κ1) is 23.0. The highest BCUT2D eigenvalue weighted by Gasteiger charge is 2.17. The number of thioether (sulfide) groups is 1. The number of aromatic nitrogens is 4. The lowest BCUT2D eigenvalue weighted by atomic mass is 10.1. The molecule has 170 valence electrons. The van der Waals surface area contributed by atoms with Crippen molar-refractivity contribution in [3.8, 4) is 16.5 Å². The number of H-pyrrole nitrogens is 1. The van der Waals surface area contributed by atoms with Crippen LogP contribution in [0.2, 0.25) is 0 Å². The minimum absolute atomic E-state index is 0.177. The standard InChI is InChI=1S/C24H25N5O2S2/c1-14(2)33-18-9-7-17(8-10-18)12-22(30)26-21-13-19(20-6-5-11-32-20)28-29(21)24-25-16(4)15(3)23(31)27-24/h5-11,13-14H,12H2,1-4H3,(H,26,30)(H,25,27,31). The molecule has 1 amide bonds. The van der Waals surface area contributed by atoms with Crippen molar-refractivity contribution < 1.29 is 4.79 Å². The zero-order valence-corrected chi connectivity index (χ0v) is 20.5. The van der Waals surface area contributed by atoms with Crippen LogP contribution in [0.4, 0.5) is 5.82 Å². The van der Waals surface area contributed by atoms with E-state index in [0.29, 0.717) is 28.0 Å². The Balaban J connectivity index is 1.61. The highest BCUT2D eigenvalue weighted by molar-refractivity contribution is 7.99. The van der Waals surface area contributed by atoms with Crippen LogP contribution < -0.4 is 10.9 Å². The van der Waals surface area contributed by atoms with Crippen molar-refractivity contribution in [2.24, 2.45) is 0 Å². The molecule has 4 aromatic rings. The van der Waals surface area contributed by atoms with E-state index >= 15 is 0 Å². The summed E-state index contributed by atoms with van der Waals surface area (Å²) in [6.07, 6.45) is 0.225. The number of amides is 1. The third kappa shape index (κ3) is 5.43. The molecule has 0 unspecified atom stereocenters. The van der Waals surface area contributed by atoms with Gasteiger partial charge in [0.2, 0.25) is 11.9 Å². The Morgan fingerprint density at radius 2 is 1.97 bits per heavy atom. The lowest BCUT2D eigenvalue weighted by Gasteiger charge is -2.10. The van der Waals surface area contributed by atoms with Gasteiger partial charge in [-0.2, -0.15) is 9.78 Å². The predicted molar refractivity (Wildman–Crippen MR) is 135 cm³/mol. The van der Waals surface area contributed by atoms with Crippen LogP contribution in [0, 0.1) is 13.8 Å². The van der Waals surface area contributed by atoms with Crippen molar-refractivity contribution >= 4 is 34.8 Å². The van der Waals surface area contributed by atoms with Gasteiger partial charge < -0.3 is 5.32 Å². The van der Waals surface area contributed by atoms with Gasteiger partial charge in [-0.3, -0.25) is 14.6 Å². The van der Waals surface area contributed by atoms with E-state index in [9.17, 15) is 9.59 Å². The zero-order valence-electron chi connectivity index (χ0n) is 18.9. The fourth-order valence-electron chi connectivity index (χ4n) is 3.24. The molecular weight excluding hydrogens is 454 g/mol.